The van der Waals surface area contributed by atoms with Gasteiger partial charge in [-0.2, -0.15) is 0 Å². The summed E-state index contributed by atoms with van der Waals surface area (Å²) in [4.78, 5) is 29.3. The lowest BCUT2D eigenvalue weighted by Gasteiger charge is -2.18. The molecule has 3 aromatic carbocycles. The van der Waals surface area contributed by atoms with Crippen molar-refractivity contribution >= 4 is 28.3 Å². The minimum atomic E-state index is -0.635. The molecule has 5 nitrogen and oxygen atoms in total. The molecule has 0 fully saturated rings. The number of rotatable bonds is 7. The first-order valence-electron chi connectivity index (χ1n) is 10.3. The number of fused-ring (bicyclic) bond motifs is 1. The van der Waals surface area contributed by atoms with Crippen LogP contribution in [0.2, 0.25) is 0 Å². The van der Waals surface area contributed by atoms with Crippen LogP contribution in [0.1, 0.15) is 33.1 Å². The molecule has 1 heterocycles. The number of carbonyl (C=O) groups is 2. The molecule has 1 amide bonds. The van der Waals surface area contributed by atoms with Crippen molar-refractivity contribution < 1.29 is 9.59 Å². The van der Waals surface area contributed by atoms with Crippen molar-refractivity contribution in [2.45, 2.75) is 19.9 Å². The van der Waals surface area contributed by atoms with Crippen molar-refractivity contribution in [2.75, 3.05) is 11.9 Å². The van der Waals surface area contributed by atoms with E-state index in [2.05, 4.69) is 15.6 Å². The molecule has 4 aromatic rings. The molecule has 0 aliphatic rings. The molecule has 31 heavy (non-hydrogen) atoms. The molecule has 0 saturated carbocycles. The molecule has 0 aliphatic carbocycles. The van der Waals surface area contributed by atoms with Crippen LogP contribution in [-0.4, -0.2) is 23.2 Å². The summed E-state index contributed by atoms with van der Waals surface area (Å²) in [5.74, 6) is -0.270. The summed E-state index contributed by atoms with van der Waals surface area (Å²) in [6.45, 7) is 3.94. The number of H-pyrrole nitrogens is 1. The van der Waals surface area contributed by atoms with Crippen LogP contribution in [0.25, 0.3) is 10.9 Å². The SMILES string of the molecule is Cc1cccc(C)c1NC(=O)CN[C@H](C(=O)c1c[nH]c2ccccc12)c1ccccc1. The molecule has 1 atom stereocenters. The van der Waals surface area contributed by atoms with Gasteiger partial charge in [-0.1, -0.05) is 66.7 Å². The first kappa shape index (κ1) is 20.6. The standard InChI is InChI=1S/C26H25N3O2/c1-17-9-8-10-18(2)24(17)29-23(30)16-28-25(19-11-4-3-5-12-19)26(31)21-15-27-22-14-7-6-13-20(21)22/h3-15,25,27-28H,16H2,1-2H3,(H,29,30)/t25-/m0/s1. The summed E-state index contributed by atoms with van der Waals surface area (Å²) < 4.78 is 0. The summed E-state index contributed by atoms with van der Waals surface area (Å²) >= 11 is 0. The summed E-state index contributed by atoms with van der Waals surface area (Å²) in [6.07, 6.45) is 1.74. The number of amides is 1. The smallest absolute Gasteiger partial charge is 0.238 e. The Hall–Kier alpha value is -3.70. The molecule has 5 heteroatoms. The van der Waals surface area contributed by atoms with Crippen LogP contribution >= 0.6 is 0 Å². The number of ketones is 1. The Kier molecular flexibility index (Phi) is 5.96. The van der Waals surface area contributed by atoms with Crippen LogP contribution in [0.4, 0.5) is 5.69 Å². The Morgan fingerprint density at radius 1 is 0.871 bits per heavy atom. The van der Waals surface area contributed by atoms with Gasteiger partial charge in [0.1, 0.15) is 0 Å². The first-order valence-corrected chi connectivity index (χ1v) is 10.3. The maximum Gasteiger partial charge on any atom is 0.238 e. The zero-order valence-electron chi connectivity index (χ0n) is 17.6. The van der Waals surface area contributed by atoms with Crippen LogP contribution in [-0.2, 0) is 4.79 Å². The van der Waals surface area contributed by atoms with E-state index >= 15 is 0 Å². The lowest BCUT2D eigenvalue weighted by atomic mass is 9.97. The fraction of sp³-hybridized carbons (Fsp3) is 0.154. The van der Waals surface area contributed by atoms with Crippen LogP contribution in [0.5, 0.6) is 0 Å². The fourth-order valence-electron chi connectivity index (χ4n) is 3.83. The van der Waals surface area contributed by atoms with Crippen molar-refractivity contribution in [3.05, 3.63) is 101 Å². The van der Waals surface area contributed by atoms with E-state index in [4.69, 9.17) is 0 Å². The van der Waals surface area contributed by atoms with E-state index < -0.39 is 6.04 Å². The van der Waals surface area contributed by atoms with Gasteiger partial charge >= 0.3 is 0 Å². The average Bonchev–Trinajstić information content (AvgIpc) is 3.21. The number of hydrogen-bond acceptors (Lipinski definition) is 3. The van der Waals surface area contributed by atoms with Crippen LogP contribution in [0.15, 0.2) is 79.0 Å². The zero-order chi connectivity index (χ0) is 21.8. The zero-order valence-corrected chi connectivity index (χ0v) is 17.6. The van der Waals surface area contributed by atoms with E-state index in [0.29, 0.717) is 5.56 Å². The van der Waals surface area contributed by atoms with Gasteiger partial charge in [0, 0.05) is 28.4 Å². The average molecular weight is 412 g/mol. The van der Waals surface area contributed by atoms with Crippen molar-refractivity contribution in [3.63, 3.8) is 0 Å². The highest BCUT2D eigenvalue weighted by atomic mass is 16.2. The number of hydrogen-bond donors (Lipinski definition) is 3. The lowest BCUT2D eigenvalue weighted by Crippen LogP contribution is -2.35. The van der Waals surface area contributed by atoms with Crippen LogP contribution in [0, 0.1) is 13.8 Å². The number of anilines is 1. The first-order chi connectivity index (χ1) is 15.0. The van der Waals surface area contributed by atoms with E-state index in [1.807, 2.05) is 86.6 Å². The van der Waals surface area contributed by atoms with Crippen molar-refractivity contribution in [3.8, 4) is 0 Å². The molecular formula is C26H25N3O2. The molecule has 1 aromatic heterocycles. The molecule has 156 valence electrons. The van der Waals surface area contributed by atoms with Crippen LogP contribution in [0.3, 0.4) is 0 Å². The van der Waals surface area contributed by atoms with Gasteiger partial charge in [0.05, 0.1) is 12.6 Å². The van der Waals surface area contributed by atoms with E-state index in [9.17, 15) is 9.59 Å². The number of nitrogens with one attached hydrogen (secondary N) is 3. The summed E-state index contributed by atoms with van der Waals surface area (Å²) in [5.41, 5.74) is 5.15. The predicted molar refractivity (Wildman–Crippen MR) is 124 cm³/mol. The molecule has 0 radical (unpaired) electrons. The number of aromatic nitrogens is 1. The van der Waals surface area contributed by atoms with Crippen molar-refractivity contribution in [1.29, 1.82) is 0 Å². The maximum atomic E-state index is 13.5. The second kappa shape index (κ2) is 8.98. The molecule has 0 spiro atoms. The fourth-order valence-corrected chi connectivity index (χ4v) is 3.83. The third kappa shape index (κ3) is 4.42. The predicted octanol–water partition coefficient (Wildman–Crippen LogP) is 4.94. The van der Waals surface area contributed by atoms with Gasteiger partial charge in [-0.05, 0) is 36.6 Å². The Labute approximate surface area is 181 Å². The minimum absolute atomic E-state index is 0.0153. The van der Waals surface area contributed by atoms with Gasteiger partial charge in [0.2, 0.25) is 5.91 Å². The summed E-state index contributed by atoms with van der Waals surface area (Å²) in [7, 11) is 0. The molecule has 0 saturated heterocycles. The van der Waals surface area contributed by atoms with Gasteiger partial charge in [0.15, 0.2) is 5.78 Å². The monoisotopic (exact) mass is 411 g/mol. The van der Waals surface area contributed by atoms with Crippen molar-refractivity contribution in [1.82, 2.24) is 10.3 Å². The number of aromatic amines is 1. The highest BCUT2D eigenvalue weighted by molar-refractivity contribution is 6.10. The number of para-hydroxylation sites is 2. The van der Waals surface area contributed by atoms with E-state index in [1.54, 1.807) is 6.20 Å². The van der Waals surface area contributed by atoms with Gasteiger partial charge in [-0.25, -0.2) is 0 Å². The largest absolute Gasteiger partial charge is 0.360 e. The third-order valence-corrected chi connectivity index (χ3v) is 5.46. The summed E-state index contributed by atoms with van der Waals surface area (Å²) in [6, 6.07) is 22.4. The van der Waals surface area contributed by atoms with Gasteiger partial charge < -0.3 is 10.3 Å². The normalized spacial score (nSPS) is 11.9. The number of benzene rings is 3. The van der Waals surface area contributed by atoms with E-state index in [0.717, 1.165) is 33.3 Å². The van der Waals surface area contributed by atoms with Crippen molar-refractivity contribution in [2.24, 2.45) is 0 Å². The van der Waals surface area contributed by atoms with E-state index in [-0.39, 0.29) is 18.2 Å². The highest BCUT2D eigenvalue weighted by Gasteiger charge is 2.24. The quantitative estimate of drug-likeness (QED) is 0.377. The van der Waals surface area contributed by atoms with Crippen LogP contribution < -0.4 is 10.6 Å². The highest BCUT2D eigenvalue weighted by Crippen LogP contribution is 2.25. The lowest BCUT2D eigenvalue weighted by molar-refractivity contribution is -0.115. The Morgan fingerprint density at radius 3 is 2.29 bits per heavy atom. The molecule has 3 N–H and O–H groups in total. The Bertz CT molecular complexity index is 1210. The number of Topliss-reactive ketones (excluding diaryl/α,β-unsaturated/α-hetero) is 1. The summed E-state index contributed by atoms with van der Waals surface area (Å²) in [5, 5.41) is 7.01. The molecular weight excluding hydrogens is 386 g/mol. The topological polar surface area (TPSA) is 74.0 Å². The number of carbonyl (C=O) groups excluding carboxylic acids is 2. The minimum Gasteiger partial charge on any atom is -0.360 e. The Balaban J connectivity index is 1.56. The Morgan fingerprint density at radius 2 is 1.55 bits per heavy atom. The second-order valence-electron chi connectivity index (χ2n) is 7.65. The third-order valence-electron chi connectivity index (χ3n) is 5.46. The van der Waals surface area contributed by atoms with E-state index in [1.165, 1.54) is 0 Å². The number of aryl methyl sites for hydroxylation is 2. The van der Waals surface area contributed by atoms with Gasteiger partial charge in [-0.3, -0.25) is 14.9 Å². The second-order valence-corrected chi connectivity index (χ2v) is 7.65. The van der Waals surface area contributed by atoms with Gasteiger partial charge in [-0.15, -0.1) is 0 Å². The maximum absolute atomic E-state index is 13.5. The molecule has 4 rings (SSSR count). The molecule has 0 aliphatic heterocycles. The molecule has 0 bridgehead atoms. The van der Waals surface area contributed by atoms with Gasteiger partial charge in [0.25, 0.3) is 0 Å². The molecule has 0 unspecified atom stereocenters.